The Morgan fingerprint density at radius 3 is 2.41 bits per heavy atom. The van der Waals surface area contributed by atoms with E-state index < -0.39 is 17.4 Å². The van der Waals surface area contributed by atoms with E-state index in [0.717, 1.165) is 23.8 Å². The zero-order valence-electron chi connectivity index (χ0n) is 18.5. The summed E-state index contributed by atoms with van der Waals surface area (Å²) in [6, 6.07) is 23.6. The van der Waals surface area contributed by atoms with Gasteiger partial charge in [-0.1, -0.05) is 42.5 Å². The van der Waals surface area contributed by atoms with E-state index in [-0.39, 0.29) is 18.5 Å². The molecule has 0 atom stereocenters. The molecule has 0 radical (unpaired) electrons. The van der Waals surface area contributed by atoms with Crippen molar-refractivity contribution in [1.29, 1.82) is 0 Å². The van der Waals surface area contributed by atoms with Crippen molar-refractivity contribution in [2.75, 3.05) is 13.1 Å². The lowest BCUT2D eigenvalue weighted by atomic mass is 9.87. The van der Waals surface area contributed by atoms with Crippen LogP contribution in [0.25, 0.3) is 22.3 Å². The third-order valence-corrected chi connectivity index (χ3v) is 7.22. The summed E-state index contributed by atoms with van der Waals surface area (Å²) in [6.07, 6.45) is 2.23. The minimum atomic E-state index is -1.70. The summed E-state index contributed by atoms with van der Waals surface area (Å²) in [4.78, 5) is 12.8. The first-order valence-corrected chi connectivity index (χ1v) is 11.4. The number of furan rings is 1. The van der Waals surface area contributed by atoms with Crippen LogP contribution in [0.15, 0.2) is 77.2 Å². The van der Waals surface area contributed by atoms with Crippen molar-refractivity contribution in [3.8, 4) is 11.3 Å². The van der Waals surface area contributed by atoms with Crippen molar-refractivity contribution in [1.82, 2.24) is 4.90 Å². The molecule has 2 aliphatic rings. The quantitative estimate of drug-likeness (QED) is 0.429. The molecule has 5 nitrogen and oxygen atoms in total. The highest BCUT2D eigenvalue weighted by Crippen LogP contribution is 2.54. The lowest BCUT2D eigenvalue weighted by Gasteiger charge is -2.43. The maximum Gasteiger partial charge on any atom is 0.338 e. The van der Waals surface area contributed by atoms with Gasteiger partial charge in [0, 0.05) is 30.4 Å². The Bertz CT molecular complexity index is 1400. The highest BCUT2D eigenvalue weighted by atomic mass is 19.1. The van der Waals surface area contributed by atoms with Gasteiger partial charge < -0.3 is 14.6 Å². The van der Waals surface area contributed by atoms with Gasteiger partial charge in [0.15, 0.2) is 5.60 Å². The fraction of sp³-hybridized carbons (Fsp3) is 0.250. The molecule has 0 spiro atoms. The Hall–Kier alpha value is -3.48. The van der Waals surface area contributed by atoms with Gasteiger partial charge in [-0.25, -0.2) is 9.18 Å². The summed E-state index contributed by atoms with van der Waals surface area (Å²) < 4.78 is 21.0. The number of aliphatic hydroxyl groups is 1. The van der Waals surface area contributed by atoms with E-state index in [1.807, 2.05) is 24.3 Å². The summed E-state index contributed by atoms with van der Waals surface area (Å²) in [5.41, 5.74) is 2.75. The molecule has 1 saturated heterocycles. The zero-order valence-corrected chi connectivity index (χ0v) is 18.5. The van der Waals surface area contributed by atoms with Crippen molar-refractivity contribution in [3.05, 3.63) is 95.3 Å². The number of likely N-dealkylation sites (tertiary alicyclic amines) is 1. The molecule has 0 unspecified atom stereocenters. The monoisotopic (exact) mass is 457 g/mol. The Kier molecular flexibility index (Phi) is 4.66. The van der Waals surface area contributed by atoms with Crippen molar-refractivity contribution in [2.45, 2.75) is 30.4 Å². The third kappa shape index (κ3) is 3.42. The van der Waals surface area contributed by atoms with Gasteiger partial charge in [-0.2, -0.15) is 0 Å². The topological polar surface area (TPSA) is 73.9 Å². The number of rotatable bonds is 6. The predicted octanol–water partition coefficient (Wildman–Crippen LogP) is 4.95. The lowest BCUT2D eigenvalue weighted by molar-refractivity contribution is -0.178. The smallest absolute Gasteiger partial charge is 0.338 e. The van der Waals surface area contributed by atoms with E-state index in [1.165, 1.54) is 17.2 Å². The van der Waals surface area contributed by atoms with Gasteiger partial charge in [0.2, 0.25) is 0 Å². The van der Waals surface area contributed by atoms with Crippen LogP contribution in [0.3, 0.4) is 0 Å². The van der Waals surface area contributed by atoms with Crippen molar-refractivity contribution >= 4 is 16.9 Å². The molecule has 3 aromatic carbocycles. The number of hydrogen-bond acceptors (Lipinski definition) is 4. The van der Waals surface area contributed by atoms with Gasteiger partial charge in [0.25, 0.3) is 0 Å². The normalized spacial score (nSPS) is 18.5. The molecule has 34 heavy (non-hydrogen) atoms. The second kappa shape index (κ2) is 7.52. The number of β-amino-alcohol motifs (C(OH)–C–C–N with tert-alkyl or cyclic N) is 1. The number of hydrogen-bond donors (Lipinski definition) is 2. The highest BCUT2D eigenvalue weighted by molar-refractivity contribution is 5.84. The van der Waals surface area contributed by atoms with E-state index in [9.17, 15) is 14.3 Å². The Morgan fingerprint density at radius 2 is 1.74 bits per heavy atom. The van der Waals surface area contributed by atoms with Crippen LogP contribution in [0.1, 0.15) is 29.5 Å². The number of benzene rings is 3. The second-order valence-corrected chi connectivity index (χ2v) is 9.61. The predicted molar refractivity (Wildman–Crippen MR) is 126 cm³/mol. The van der Waals surface area contributed by atoms with E-state index in [1.54, 1.807) is 11.0 Å². The first-order valence-electron chi connectivity index (χ1n) is 11.4. The number of aliphatic carboxylic acids is 1. The fourth-order valence-corrected chi connectivity index (χ4v) is 5.16. The molecule has 2 heterocycles. The first-order chi connectivity index (χ1) is 16.4. The molecule has 0 amide bonds. The van der Waals surface area contributed by atoms with Crippen LogP contribution < -0.4 is 0 Å². The maximum absolute atomic E-state index is 15.0. The summed E-state index contributed by atoms with van der Waals surface area (Å²) in [7, 11) is 0. The maximum atomic E-state index is 15.0. The van der Waals surface area contributed by atoms with Crippen LogP contribution in [0.5, 0.6) is 0 Å². The summed E-state index contributed by atoms with van der Waals surface area (Å²) >= 11 is 0. The van der Waals surface area contributed by atoms with E-state index >= 15 is 0 Å². The molecule has 0 bridgehead atoms. The minimum Gasteiger partial charge on any atom is -0.479 e. The van der Waals surface area contributed by atoms with Gasteiger partial charge in [0.05, 0.1) is 5.56 Å². The van der Waals surface area contributed by atoms with E-state index in [4.69, 9.17) is 9.52 Å². The molecule has 2 N–H and O–H groups in total. The summed E-state index contributed by atoms with van der Waals surface area (Å²) in [6.45, 7) is 0.433. The number of fused-ring (bicyclic) bond motifs is 1. The zero-order chi connectivity index (χ0) is 23.5. The highest BCUT2D eigenvalue weighted by Gasteiger charge is 2.48. The number of carboxylic acids is 1. The molecule has 6 rings (SSSR count). The number of nitrogens with zero attached hydrogens (tertiary/aromatic N) is 1. The lowest BCUT2D eigenvalue weighted by Crippen LogP contribution is -2.65. The molecule has 1 aliphatic carbocycles. The van der Waals surface area contributed by atoms with Crippen LogP contribution in [0.4, 0.5) is 4.39 Å². The van der Waals surface area contributed by atoms with Crippen LogP contribution in [-0.2, 0) is 16.8 Å². The van der Waals surface area contributed by atoms with Gasteiger partial charge in [-0.15, -0.1) is 0 Å². The van der Waals surface area contributed by atoms with Crippen LogP contribution >= 0.6 is 0 Å². The van der Waals surface area contributed by atoms with Gasteiger partial charge in [0.1, 0.15) is 17.2 Å². The first kappa shape index (κ1) is 21.1. The molecular weight excluding hydrogens is 433 g/mol. The molecule has 1 aliphatic heterocycles. The summed E-state index contributed by atoms with van der Waals surface area (Å²) in [5.74, 6) is -1.14. The Labute approximate surface area is 196 Å². The van der Waals surface area contributed by atoms with Crippen molar-refractivity contribution in [3.63, 3.8) is 0 Å². The van der Waals surface area contributed by atoms with Gasteiger partial charge in [-0.3, -0.25) is 4.90 Å². The van der Waals surface area contributed by atoms with Crippen molar-refractivity contribution < 1.29 is 23.8 Å². The molecule has 2 fully saturated rings. The molecule has 6 heteroatoms. The van der Waals surface area contributed by atoms with Crippen LogP contribution in [-0.4, -0.2) is 39.8 Å². The second-order valence-electron chi connectivity index (χ2n) is 9.61. The number of halogens is 1. The average Bonchev–Trinajstić information content (AvgIpc) is 3.51. The summed E-state index contributed by atoms with van der Waals surface area (Å²) in [5, 5.41) is 19.8. The largest absolute Gasteiger partial charge is 0.479 e. The molecule has 4 aromatic rings. The Morgan fingerprint density at radius 1 is 0.971 bits per heavy atom. The molecular formula is C28H24FNO4. The van der Waals surface area contributed by atoms with Crippen molar-refractivity contribution in [2.24, 2.45) is 0 Å². The van der Waals surface area contributed by atoms with Gasteiger partial charge >= 0.3 is 5.97 Å². The van der Waals surface area contributed by atoms with E-state index in [0.29, 0.717) is 23.4 Å². The average molecular weight is 458 g/mol. The number of carboxylic acid groups (broad SMARTS) is 1. The standard InChI is InChI=1S/C28H24FNO4/c29-23-12-18(15-30-16-28(33,17-30)26(31)32)6-8-22(23)25-14-19-13-21(7-9-24(19)34-25)27(10-11-27)20-4-2-1-3-5-20/h1-9,12-14,33H,10-11,15-17H2,(H,31,32). The Balaban J connectivity index is 1.24. The molecule has 1 aromatic heterocycles. The third-order valence-electron chi connectivity index (χ3n) is 7.22. The van der Waals surface area contributed by atoms with Crippen LogP contribution in [0, 0.1) is 5.82 Å². The molecule has 1 saturated carbocycles. The number of carbonyl (C=O) groups is 1. The van der Waals surface area contributed by atoms with E-state index in [2.05, 4.69) is 36.4 Å². The fourth-order valence-electron chi connectivity index (χ4n) is 5.16. The SMILES string of the molecule is O=C(O)C1(O)CN(Cc2ccc(-c3cc4cc(C5(c6ccccc6)CC5)ccc4o3)c(F)c2)C1. The van der Waals surface area contributed by atoms with Crippen LogP contribution in [0.2, 0.25) is 0 Å². The molecule has 172 valence electrons. The van der Waals surface area contributed by atoms with Gasteiger partial charge in [-0.05, 0) is 59.9 Å². The minimum absolute atomic E-state index is 0.0298.